The maximum atomic E-state index is 10.4. The summed E-state index contributed by atoms with van der Waals surface area (Å²) in [7, 11) is 0. The summed E-state index contributed by atoms with van der Waals surface area (Å²) in [5, 5.41) is 10.4. The summed E-state index contributed by atoms with van der Waals surface area (Å²) in [6, 6.07) is 0. The first-order valence-electron chi connectivity index (χ1n) is 8.38. The van der Waals surface area contributed by atoms with Gasteiger partial charge in [0.05, 0.1) is 12.2 Å². The zero-order valence-corrected chi connectivity index (χ0v) is 13.8. The first-order chi connectivity index (χ1) is 9.36. The van der Waals surface area contributed by atoms with Gasteiger partial charge in [0.1, 0.15) is 0 Å². The molecule has 1 N–H and O–H groups in total. The third-order valence-electron chi connectivity index (χ3n) is 5.20. The van der Waals surface area contributed by atoms with Crippen LogP contribution in [0.4, 0.5) is 0 Å². The highest BCUT2D eigenvalue weighted by atomic mass is 16.5. The molecule has 20 heavy (non-hydrogen) atoms. The van der Waals surface area contributed by atoms with Gasteiger partial charge in [-0.05, 0) is 49.9 Å². The molecule has 2 rings (SSSR count). The Morgan fingerprint density at radius 1 is 1.25 bits per heavy atom. The molecule has 4 unspecified atom stereocenters. The van der Waals surface area contributed by atoms with E-state index in [0.29, 0.717) is 17.4 Å². The highest BCUT2D eigenvalue weighted by Gasteiger charge is 2.36. The van der Waals surface area contributed by atoms with Gasteiger partial charge in [-0.25, -0.2) is 0 Å². The largest absolute Gasteiger partial charge is 0.393 e. The average Bonchev–Trinajstić information content (AvgIpc) is 2.55. The van der Waals surface area contributed by atoms with Gasteiger partial charge in [0.15, 0.2) is 0 Å². The van der Waals surface area contributed by atoms with Gasteiger partial charge in [0, 0.05) is 26.2 Å². The van der Waals surface area contributed by atoms with Crippen LogP contribution in [0.25, 0.3) is 0 Å². The summed E-state index contributed by atoms with van der Waals surface area (Å²) in [6.07, 6.45) is 4.68. The van der Waals surface area contributed by atoms with E-state index >= 15 is 0 Å². The standard InChI is InChI=1S/C17H33NO2/c1-13-11-18(8-5-9-20-13)12-14-10-15(17(2,3)4)6-7-16(14)19/h13-16,19H,5-12H2,1-4H3. The summed E-state index contributed by atoms with van der Waals surface area (Å²) >= 11 is 0. The molecule has 3 nitrogen and oxygen atoms in total. The highest BCUT2D eigenvalue weighted by Crippen LogP contribution is 2.40. The number of aliphatic hydroxyl groups is 1. The molecule has 1 aliphatic heterocycles. The molecule has 0 radical (unpaired) electrons. The monoisotopic (exact) mass is 283 g/mol. The van der Waals surface area contributed by atoms with Crippen LogP contribution >= 0.6 is 0 Å². The summed E-state index contributed by atoms with van der Waals surface area (Å²) in [5.74, 6) is 1.19. The van der Waals surface area contributed by atoms with Crippen molar-refractivity contribution in [3.05, 3.63) is 0 Å². The summed E-state index contributed by atoms with van der Waals surface area (Å²) < 4.78 is 5.72. The topological polar surface area (TPSA) is 32.7 Å². The minimum atomic E-state index is -0.104. The zero-order valence-electron chi connectivity index (χ0n) is 13.8. The molecule has 2 fully saturated rings. The second-order valence-electron chi connectivity index (χ2n) is 8.00. The summed E-state index contributed by atoms with van der Waals surface area (Å²) in [4.78, 5) is 2.51. The van der Waals surface area contributed by atoms with Crippen LogP contribution in [0, 0.1) is 17.3 Å². The van der Waals surface area contributed by atoms with Crippen LogP contribution < -0.4 is 0 Å². The van der Waals surface area contributed by atoms with Crippen molar-refractivity contribution in [2.75, 3.05) is 26.2 Å². The Bertz CT molecular complexity index is 300. The molecule has 0 spiro atoms. The van der Waals surface area contributed by atoms with Crippen molar-refractivity contribution in [3.63, 3.8) is 0 Å². The SMILES string of the molecule is CC1CN(CC2CC(C(C)(C)C)CCC2O)CCCO1. The number of hydrogen-bond donors (Lipinski definition) is 1. The Kier molecular flexibility index (Phi) is 5.49. The van der Waals surface area contributed by atoms with Gasteiger partial charge in [-0.1, -0.05) is 20.8 Å². The molecule has 1 heterocycles. The van der Waals surface area contributed by atoms with Gasteiger partial charge in [0.2, 0.25) is 0 Å². The van der Waals surface area contributed by atoms with E-state index in [9.17, 15) is 5.11 Å². The van der Waals surface area contributed by atoms with Gasteiger partial charge >= 0.3 is 0 Å². The fourth-order valence-corrected chi connectivity index (χ4v) is 3.81. The van der Waals surface area contributed by atoms with Gasteiger partial charge < -0.3 is 14.7 Å². The molecule has 1 saturated heterocycles. The van der Waals surface area contributed by atoms with Gasteiger partial charge in [0.25, 0.3) is 0 Å². The number of rotatable bonds is 2. The second-order valence-corrected chi connectivity index (χ2v) is 8.00. The first kappa shape index (κ1) is 16.3. The van der Waals surface area contributed by atoms with Crippen LogP contribution in [0.3, 0.4) is 0 Å². The fourth-order valence-electron chi connectivity index (χ4n) is 3.81. The number of aliphatic hydroxyl groups excluding tert-OH is 1. The molecule has 1 aliphatic carbocycles. The van der Waals surface area contributed by atoms with Crippen molar-refractivity contribution in [1.29, 1.82) is 0 Å². The van der Waals surface area contributed by atoms with Crippen LogP contribution in [0.15, 0.2) is 0 Å². The molecular formula is C17H33NO2. The van der Waals surface area contributed by atoms with E-state index in [2.05, 4.69) is 32.6 Å². The third-order valence-corrected chi connectivity index (χ3v) is 5.20. The van der Waals surface area contributed by atoms with E-state index in [1.54, 1.807) is 0 Å². The average molecular weight is 283 g/mol. The van der Waals surface area contributed by atoms with E-state index < -0.39 is 0 Å². The molecule has 0 bridgehead atoms. The minimum Gasteiger partial charge on any atom is -0.393 e. The van der Waals surface area contributed by atoms with Crippen LogP contribution in [-0.4, -0.2) is 48.5 Å². The zero-order chi connectivity index (χ0) is 14.8. The van der Waals surface area contributed by atoms with Gasteiger partial charge in [-0.2, -0.15) is 0 Å². The Morgan fingerprint density at radius 3 is 2.70 bits per heavy atom. The Balaban J connectivity index is 1.92. The molecule has 118 valence electrons. The van der Waals surface area contributed by atoms with Crippen molar-refractivity contribution in [2.24, 2.45) is 17.3 Å². The van der Waals surface area contributed by atoms with Crippen molar-refractivity contribution in [3.8, 4) is 0 Å². The van der Waals surface area contributed by atoms with Crippen molar-refractivity contribution < 1.29 is 9.84 Å². The molecule has 0 amide bonds. The number of hydrogen-bond acceptors (Lipinski definition) is 3. The molecule has 0 aromatic heterocycles. The lowest BCUT2D eigenvalue weighted by molar-refractivity contribution is -0.000959. The third kappa shape index (κ3) is 4.44. The van der Waals surface area contributed by atoms with Crippen LogP contribution in [-0.2, 0) is 4.74 Å². The quantitative estimate of drug-likeness (QED) is 0.846. The molecule has 3 heteroatoms. The van der Waals surface area contributed by atoms with E-state index in [-0.39, 0.29) is 6.10 Å². The van der Waals surface area contributed by atoms with Crippen LogP contribution in [0.1, 0.15) is 53.4 Å². The lowest BCUT2D eigenvalue weighted by Crippen LogP contribution is -2.42. The molecular weight excluding hydrogens is 250 g/mol. The van der Waals surface area contributed by atoms with Crippen molar-refractivity contribution >= 4 is 0 Å². The molecule has 0 aromatic carbocycles. The van der Waals surface area contributed by atoms with E-state index in [1.807, 2.05) is 0 Å². The Hall–Kier alpha value is -0.120. The van der Waals surface area contributed by atoms with E-state index in [1.165, 1.54) is 12.8 Å². The lowest BCUT2D eigenvalue weighted by atomic mass is 9.68. The maximum absolute atomic E-state index is 10.4. The Morgan fingerprint density at radius 2 is 2.00 bits per heavy atom. The highest BCUT2D eigenvalue weighted by molar-refractivity contribution is 4.87. The minimum absolute atomic E-state index is 0.104. The molecule has 0 aromatic rings. The predicted molar refractivity (Wildman–Crippen MR) is 82.8 cm³/mol. The molecule has 4 atom stereocenters. The van der Waals surface area contributed by atoms with Gasteiger partial charge in [-0.3, -0.25) is 0 Å². The van der Waals surface area contributed by atoms with Crippen molar-refractivity contribution in [1.82, 2.24) is 4.90 Å². The smallest absolute Gasteiger partial charge is 0.0673 e. The molecule has 1 saturated carbocycles. The Labute approximate surface area is 124 Å². The number of nitrogens with zero attached hydrogens (tertiary/aromatic N) is 1. The van der Waals surface area contributed by atoms with Crippen LogP contribution in [0.5, 0.6) is 0 Å². The molecule has 2 aliphatic rings. The fraction of sp³-hybridized carbons (Fsp3) is 1.00. The lowest BCUT2D eigenvalue weighted by Gasteiger charge is -2.41. The summed E-state index contributed by atoms with van der Waals surface area (Å²) in [5.41, 5.74) is 0.369. The van der Waals surface area contributed by atoms with Gasteiger partial charge in [-0.15, -0.1) is 0 Å². The second kappa shape index (κ2) is 6.76. The first-order valence-corrected chi connectivity index (χ1v) is 8.38. The maximum Gasteiger partial charge on any atom is 0.0673 e. The normalized spacial score (nSPS) is 37.6. The van der Waals surface area contributed by atoms with Crippen LogP contribution in [0.2, 0.25) is 0 Å². The summed E-state index contributed by atoms with van der Waals surface area (Å²) in [6.45, 7) is 13.2. The number of ether oxygens (including phenoxy) is 1. The predicted octanol–water partition coefficient (Wildman–Crippen LogP) is 2.92. The van der Waals surface area contributed by atoms with E-state index in [4.69, 9.17) is 4.74 Å². The van der Waals surface area contributed by atoms with Crippen molar-refractivity contribution in [2.45, 2.75) is 65.6 Å². The van der Waals surface area contributed by atoms with E-state index in [0.717, 1.165) is 45.0 Å².